The number of alkyl halides is 1. The van der Waals surface area contributed by atoms with Crippen LogP contribution in [0.1, 0.15) is 13.3 Å². The number of hydrogen-bond donors (Lipinski definition) is 2. The second-order valence-corrected chi connectivity index (χ2v) is 2.91. The fourth-order valence-electron chi connectivity index (χ4n) is 0.177. The maximum Gasteiger partial charge on any atom is 0.328 e. The zero-order valence-corrected chi connectivity index (χ0v) is 6.89. The smallest absolute Gasteiger partial charge is 0.328 e. The molecule has 50 valence electrons. The van der Waals surface area contributed by atoms with Crippen LogP contribution >= 0.6 is 24.5 Å². The molecular formula is C3H8BrO3P. The van der Waals surface area contributed by atoms with E-state index in [0.717, 1.165) is 6.42 Å². The molecule has 2 N–H and O–H groups in total. The molecule has 0 rings (SSSR count). The topological polar surface area (TPSA) is 49.7 Å². The Bertz CT molecular complexity index is 60.5. The predicted molar refractivity (Wildman–Crippen MR) is 35.4 cm³/mol. The summed E-state index contributed by atoms with van der Waals surface area (Å²) >= 11 is 3.05. The Balaban J connectivity index is 3.10. The second kappa shape index (κ2) is 4.65. The van der Waals surface area contributed by atoms with E-state index in [1.165, 1.54) is 0 Å². The van der Waals surface area contributed by atoms with Crippen LogP contribution in [0.15, 0.2) is 0 Å². The Morgan fingerprint density at radius 2 is 2.25 bits per heavy atom. The van der Waals surface area contributed by atoms with Crippen LogP contribution in [0.5, 0.6) is 0 Å². The van der Waals surface area contributed by atoms with Crippen molar-refractivity contribution in [1.29, 1.82) is 0 Å². The van der Waals surface area contributed by atoms with Gasteiger partial charge in [-0.1, -0.05) is 22.9 Å². The van der Waals surface area contributed by atoms with Gasteiger partial charge in [-0.05, 0) is 6.42 Å². The fourth-order valence-corrected chi connectivity index (χ4v) is 0.979. The Morgan fingerprint density at radius 3 is 2.38 bits per heavy atom. The zero-order chi connectivity index (χ0) is 6.57. The van der Waals surface area contributed by atoms with Gasteiger partial charge < -0.3 is 9.79 Å². The van der Waals surface area contributed by atoms with Gasteiger partial charge in [0.15, 0.2) is 0 Å². The van der Waals surface area contributed by atoms with Crippen molar-refractivity contribution in [2.75, 3.05) is 0 Å². The molecule has 0 aliphatic carbocycles. The third-order valence-corrected chi connectivity index (χ3v) is 2.10. The monoisotopic (exact) mass is 202 g/mol. The van der Waals surface area contributed by atoms with Crippen molar-refractivity contribution >= 4 is 24.5 Å². The number of rotatable bonds is 3. The van der Waals surface area contributed by atoms with Gasteiger partial charge in [0.1, 0.15) is 5.01 Å². The lowest BCUT2D eigenvalue weighted by molar-refractivity contribution is 0.237. The maximum absolute atomic E-state index is 8.22. The Hall–Kier alpha value is 0.790. The summed E-state index contributed by atoms with van der Waals surface area (Å²) in [4.78, 5) is 16.4. The minimum absolute atomic E-state index is 0.233. The van der Waals surface area contributed by atoms with Gasteiger partial charge in [-0.3, -0.25) is 4.52 Å². The summed E-state index contributed by atoms with van der Waals surface area (Å²) in [5, 5.41) is -0.233. The number of halogens is 1. The lowest BCUT2D eigenvalue weighted by atomic mass is 10.5. The van der Waals surface area contributed by atoms with E-state index in [2.05, 4.69) is 20.5 Å². The van der Waals surface area contributed by atoms with Gasteiger partial charge in [-0.25, -0.2) is 0 Å². The molecule has 0 heterocycles. The molecule has 0 fully saturated rings. The highest BCUT2D eigenvalue weighted by atomic mass is 79.9. The van der Waals surface area contributed by atoms with Crippen LogP contribution in [0.2, 0.25) is 0 Å². The first-order valence-electron chi connectivity index (χ1n) is 2.15. The van der Waals surface area contributed by atoms with Gasteiger partial charge in [-0.2, -0.15) is 0 Å². The first-order valence-corrected chi connectivity index (χ1v) is 4.23. The quantitative estimate of drug-likeness (QED) is 0.537. The molecule has 3 nitrogen and oxygen atoms in total. The highest BCUT2D eigenvalue weighted by Gasteiger charge is 2.05. The molecule has 1 unspecified atom stereocenters. The minimum atomic E-state index is -2.19. The van der Waals surface area contributed by atoms with Crippen LogP contribution in [0.4, 0.5) is 0 Å². The minimum Gasteiger partial charge on any atom is -0.328 e. The molecule has 0 spiro atoms. The first-order chi connectivity index (χ1) is 3.66. The average molecular weight is 203 g/mol. The summed E-state index contributed by atoms with van der Waals surface area (Å²) in [7, 11) is -2.19. The molecule has 0 aliphatic heterocycles. The third kappa shape index (κ3) is 4.94. The molecule has 1 atom stereocenters. The van der Waals surface area contributed by atoms with E-state index in [-0.39, 0.29) is 5.01 Å². The second-order valence-electron chi connectivity index (χ2n) is 1.18. The standard InChI is InChI=1S/C3H8BrO3P/c1-2-3(4)7-8(5)6/h3,5-6H,2H2,1H3. The SMILES string of the molecule is CCC(Br)OP(O)O. The summed E-state index contributed by atoms with van der Waals surface area (Å²) in [6, 6.07) is 0. The van der Waals surface area contributed by atoms with Crippen molar-refractivity contribution in [3.63, 3.8) is 0 Å². The van der Waals surface area contributed by atoms with Gasteiger partial charge in [0.2, 0.25) is 0 Å². The summed E-state index contributed by atoms with van der Waals surface area (Å²) < 4.78 is 4.49. The Labute approximate surface area is 57.8 Å². The van der Waals surface area contributed by atoms with Crippen LogP contribution in [0.25, 0.3) is 0 Å². The van der Waals surface area contributed by atoms with E-state index in [1.54, 1.807) is 0 Å². The van der Waals surface area contributed by atoms with Gasteiger partial charge >= 0.3 is 8.60 Å². The molecule has 8 heavy (non-hydrogen) atoms. The van der Waals surface area contributed by atoms with Crippen LogP contribution in [-0.2, 0) is 4.52 Å². The van der Waals surface area contributed by atoms with Crippen molar-refractivity contribution in [3.05, 3.63) is 0 Å². The van der Waals surface area contributed by atoms with Crippen molar-refractivity contribution in [2.45, 2.75) is 18.4 Å². The average Bonchev–Trinajstić information content (AvgIpc) is 1.65. The third-order valence-electron chi connectivity index (χ3n) is 0.530. The molecular weight excluding hydrogens is 195 g/mol. The lowest BCUT2D eigenvalue weighted by Gasteiger charge is -2.06. The Kier molecular flexibility index (Phi) is 5.11. The molecule has 0 aliphatic rings. The molecule has 0 aromatic rings. The van der Waals surface area contributed by atoms with Crippen molar-refractivity contribution < 1.29 is 14.3 Å². The summed E-state index contributed by atoms with van der Waals surface area (Å²) in [5.41, 5.74) is 0. The molecule has 0 saturated carbocycles. The largest absolute Gasteiger partial charge is 0.328 e. The van der Waals surface area contributed by atoms with Crippen LogP contribution in [-0.4, -0.2) is 14.8 Å². The fraction of sp³-hybridized carbons (Fsp3) is 1.00. The van der Waals surface area contributed by atoms with Crippen LogP contribution < -0.4 is 0 Å². The van der Waals surface area contributed by atoms with E-state index >= 15 is 0 Å². The van der Waals surface area contributed by atoms with Crippen LogP contribution in [0, 0.1) is 0 Å². The summed E-state index contributed by atoms with van der Waals surface area (Å²) in [5.74, 6) is 0. The van der Waals surface area contributed by atoms with Crippen molar-refractivity contribution in [2.24, 2.45) is 0 Å². The zero-order valence-electron chi connectivity index (χ0n) is 4.41. The molecule has 0 amide bonds. The lowest BCUT2D eigenvalue weighted by Crippen LogP contribution is -1.96. The summed E-state index contributed by atoms with van der Waals surface area (Å²) in [6.07, 6.45) is 0.722. The molecule has 0 aromatic heterocycles. The molecule has 0 radical (unpaired) electrons. The molecule has 0 saturated heterocycles. The van der Waals surface area contributed by atoms with Gasteiger partial charge in [-0.15, -0.1) is 0 Å². The molecule has 5 heteroatoms. The van der Waals surface area contributed by atoms with E-state index in [4.69, 9.17) is 9.79 Å². The normalized spacial score (nSPS) is 14.6. The summed E-state index contributed by atoms with van der Waals surface area (Å²) in [6.45, 7) is 1.87. The van der Waals surface area contributed by atoms with Gasteiger partial charge in [0.25, 0.3) is 0 Å². The van der Waals surface area contributed by atoms with Crippen LogP contribution in [0.3, 0.4) is 0 Å². The van der Waals surface area contributed by atoms with Gasteiger partial charge in [0.05, 0.1) is 0 Å². The number of hydrogen-bond acceptors (Lipinski definition) is 3. The van der Waals surface area contributed by atoms with E-state index < -0.39 is 8.60 Å². The molecule has 0 aromatic carbocycles. The first kappa shape index (κ1) is 8.79. The van der Waals surface area contributed by atoms with Crippen molar-refractivity contribution in [1.82, 2.24) is 0 Å². The van der Waals surface area contributed by atoms with Crippen molar-refractivity contribution in [3.8, 4) is 0 Å². The predicted octanol–water partition coefficient (Wildman–Crippen LogP) is 1.35. The van der Waals surface area contributed by atoms with E-state index in [1.807, 2.05) is 6.92 Å². The molecule has 0 bridgehead atoms. The highest BCUT2D eigenvalue weighted by Crippen LogP contribution is 2.29. The van der Waals surface area contributed by atoms with Gasteiger partial charge in [0, 0.05) is 0 Å². The Morgan fingerprint density at radius 1 is 1.75 bits per heavy atom. The highest BCUT2D eigenvalue weighted by molar-refractivity contribution is 9.09. The maximum atomic E-state index is 8.22. The van der Waals surface area contributed by atoms with E-state index in [9.17, 15) is 0 Å². The van der Waals surface area contributed by atoms with E-state index in [0.29, 0.717) is 0 Å².